The van der Waals surface area contributed by atoms with Crippen molar-refractivity contribution in [3.63, 3.8) is 0 Å². The molecule has 88 valence electrons. The quantitative estimate of drug-likeness (QED) is 0.764. The van der Waals surface area contributed by atoms with E-state index in [1.165, 1.54) is 12.4 Å². The van der Waals surface area contributed by atoms with Crippen molar-refractivity contribution >= 4 is 15.7 Å². The molecule has 0 saturated carbocycles. The summed E-state index contributed by atoms with van der Waals surface area (Å²) in [6, 6.07) is 1.31. The minimum atomic E-state index is -2.94. The summed E-state index contributed by atoms with van der Waals surface area (Å²) in [7, 11) is -2.94. The van der Waals surface area contributed by atoms with Gasteiger partial charge in [0.1, 0.15) is 5.82 Å². The number of hydrogen-bond donors (Lipinski definition) is 2. The average Bonchev–Trinajstić information content (AvgIpc) is 2.55. The Morgan fingerprint density at radius 3 is 3.00 bits per heavy atom. The SMILES string of the molecule is O=c1cc(NCC2CCCS2(=O)=O)nc[nH]1. The van der Waals surface area contributed by atoms with Crippen molar-refractivity contribution < 1.29 is 8.42 Å². The highest BCUT2D eigenvalue weighted by molar-refractivity contribution is 7.92. The van der Waals surface area contributed by atoms with E-state index in [1.807, 2.05) is 0 Å². The molecule has 6 nitrogen and oxygen atoms in total. The van der Waals surface area contributed by atoms with Gasteiger partial charge in [0.25, 0.3) is 5.56 Å². The Morgan fingerprint density at radius 2 is 2.38 bits per heavy atom. The molecule has 2 heterocycles. The number of nitrogens with one attached hydrogen (secondary N) is 2. The predicted octanol–water partition coefficient (Wildman–Crippen LogP) is -0.241. The summed E-state index contributed by atoms with van der Waals surface area (Å²) >= 11 is 0. The highest BCUT2D eigenvalue weighted by Gasteiger charge is 2.30. The third kappa shape index (κ3) is 2.41. The molecule has 0 aromatic carbocycles. The maximum atomic E-state index is 11.5. The Bertz CT molecular complexity index is 523. The van der Waals surface area contributed by atoms with Crippen LogP contribution in [0.25, 0.3) is 0 Å². The van der Waals surface area contributed by atoms with Crippen molar-refractivity contribution in [1.29, 1.82) is 0 Å². The van der Waals surface area contributed by atoms with E-state index in [2.05, 4.69) is 15.3 Å². The first-order chi connectivity index (χ1) is 7.58. The highest BCUT2D eigenvalue weighted by Crippen LogP contribution is 2.19. The van der Waals surface area contributed by atoms with E-state index >= 15 is 0 Å². The van der Waals surface area contributed by atoms with Gasteiger partial charge in [-0.2, -0.15) is 0 Å². The number of hydrogen-bond acceptors (Lipinski definition) is 5. The maximum absolute atomic E-state index is 11.5. The lowest BCUT2D eigenvalue weighted by Crippen LogP contribution is -2.25. The van der Waals surface area contributed by atoms with Crippen molar-refractivity contribution in [2.75, 3.05) is 17.6 Å². The summed E-state index contributed by atoms with van der Waals surface area (Å²) in [5.74, 6) is 0.674. The molecule has 1 aliphatic rings. The predicted molar refractivity (Wildman–Crippen MR) is 60.2 cm³/mol. The molecule has 1 atom stereocenters. The number of anilines is 1. The molecule has 2 N–H and O–H groups in total. The first-order valence-electron chi connectivity index (χ1n) is 5.08. The zero-order valence-electron chi connectivity index (χ0n) is 8.64. The number of rotatable bonds is 3. The van der Waals surface area contributed by atoms with Crippen LogP contribution in [0, 0.1) is 0 Å². The zero-order chi connectivity index (χ0) is 11.6. The molecule has 1 aliphatic heterocycles. The fraction of sp³-hybridized carbons (Fsp3) is 0.556. The summed E-state index contributed by atoms with van der Waals surface area (Å²) < 4.78 is 23.0. The lowest BCUT2D eigenvalue weighted by atomic mass is 10.2. The van der Waals surface area contributed by atoms with Crippen LogP contribution in [0.4, 0.5) is 5.82 Å². The molecule has 0 radical (unpaired) electrons. The first-order valence-corrected chi connectivity index (χ1v) is 6.80. The van der Waals surface area contributed by atoms with Crippen molar-refractivity contribution in [3.05, 3.63) is 22.7 Å². The summed E-state index contributed by atoms with van der Waals surface area (Å²) in [6.45, 7) is 0.318. The van der Waals surface area contributed by atoms with E-state index < -0.39 is 9.84 Å². The van der Waals surface area contributed by atoms with Crippen molar-refractivity contribution in [3.8, 4) is 0 Å². The van der Waals surface area contributed by atoms with E-state index in [0.29, 0.717) is 18.8 Å². The molecule has 0 spiro atoms. The van der Waals surface area contributed by atoms with E-state index in [1.54, 1.807) is 0 Å². The molecule has 1 aromatic heterocycles. The van der Waals surface area contributed by atoms with Crippen molar-refractivity contribution in [2.24, 2.45) is 0 Å². The Labute approximate surface area is 93.0 Å². The van der Waals surface area contributed by atoms with Crippen LogP contribution in [0.2, 0.25) is 0 Å². The molecule has 0 amide bonds. The van der Waals surface area contributed by atoms with Gasteiger partial charge in [0.15, 0.2) is 9.84 Å². The van der Waals surface area contributed by atoms with Gasteiger partial charge in [0.05, 0.1) is 17.3 Å². The van der Waals surface area contributed by atoms with Crippen molar-refractivity contribution in [1.82, 2.24) is 9.97 Å². The molecule has 1 aromatic rings. The van der Waals surface area contributed by atoms with Gasteiger partial charge in [-0.15, -0.1) is 0 Å². The molecule has 1 fully saturated rings. The summed E-state index contributed by atoms with van der Waals surface area (Å²) in [4.78, 5) is 17.2. The molecule has 1 saturated heterocycles. The Morgan fingerprint density at radius 1 is 1.56 bits per heavy atom. The van der Waals surface area contributed by atoms with Gasteiger partial charge < -0.3 is 10.3 Å². The van der Waals surface area contributed by atoms with Gasteiger partial charge in [0, 0.05) is 12.6 Å². The van der Waals surface area contributed by atoms with Crippen LogP contribution in [-0.4, -0.2) is 35.9 Å². The standard InChI is InChI=1S/C9H13N3O3S/c13-9-4-8(11-6-12-9)10-5-7-2-1-3-16(7,14)15/h4,6-7H,1-3,5H2,(H2,10,11,12,13). The third-order valence-corrected chi connectivity index (χ3v) is 4.93. The minimum absolute atomic E-state index is 0.258. The third-order valence-electron chi connectivity index (χ3n) is 2.65. The molecular weight excluding hydrogens is 230 g/mol. The topological polar surface area (TPSA) is 91.9 Å². The monoisotopic (exact) mass is 243 g/mol. The maximum Gasteiger partial charge on any atom is 0.252 e. The van der Waals surface area contributed by atoms with Gasteiger partial charge in [-0.25, -0.2) is 13.4 Å². The second-order valence-corrected chi connectivity index (χ2v) is 6.21. The average molecular weight is 243 g/mol. The molecule has 7 heteroatoms. The lowest BCUT2D eigenvalue weighted by molar-refractivity contribution is 0.591. The summed E-state index contributed by atoms with van der Waals surface area (Å²) in [5, 5.41) is 2.52. The fourth-order valence-electron chi connectivity index (χ4n) is 1.77. The summed E-state index contributed by atoms with van der Waals surface area (Å²) in [5.41, 5.74) is -0.258. The molecule has 0 bridgehead atoms. The number of aromatic amines is 1. The number of nitrogens with zero attached hydrogens (tertiary/aromatic N) is 1. The van der Waals surface area contributed by atoms with Crippen LogP contribution in [0.5, 0.6) is 0 Å². The van der Waals surface area contributed by atoms with E-state index in [9.17, 15) is 13.2 Å². The second-order valence-electron chi connectivity index (χ2n) is 3.81. The van der Waals surface area contributed by atoms with Crippen molar-refractivity contribution in [2.45, 2.75) is 18.1 Å². The Hall–Kier alpha value is -1.37. The fourth-order valence-corrected chi connectivity index (χ4v) is 3.54. The molecule has 1 unspecified atom stereocenters. The van der Waals surface area contributed by atoms with Gasteiger partial charge >= 0.3 is 0 Å². The van der Waals surface area contributed by atoms with Crippen LogP contribution >= 0.6 is 0 Å². The van der Waals surface area contributed by atoms with Gasteiger partial charge in [-0.05, 0) is 12.8 Å². The van der Waals surface area contributed by atoms with Gasteiger partial charge in [0.2, 0.25) is 0 Å². The second kappa shape index (κ2) is 4.25. The van der Waals surface area contributed by atoms with Gasteiger partial charge in [-0.3, -0.25) is 4.79 Å². The zero-order valence-corrected chi connectivity index (χ0v) is 9.46. The minimum Gasteiger partial charge on any atom is -0.369 e. The first kappa shape index (κ1) is 11.1. The molecule has 16 heavy (non-hydrogen) atoms. The van der Waals surface area contributed by atoms with Crippen LogP contribution < -0.4 is 10.9 Å². The van der Waals surface area contributed by atoms with Crippen LogP contribution in [-0.2, 0) is 9.84 Å². The van der Waals surface area contributed by atoms with Gasteiger partial charge in [-0.1, -0.05) is 0 Å². The number of sulfone groups is 1. The van der Waals surface area contributed by atoms with Crippen LogP contribution in [0.3, 0.4) is 0 Å². The normalized spacial score (nSPS) is 23.1. The number of aromatic nitrogens is 2. The lowest BCUT2D eigenvalue weighted by Gasteiger charge is -2.10. The summed E-state index contributed by atoms with van der Waals surface area (Å²) in [6.07, 6.45) is 2.68. The smallest absolute Gasteiger partial charge is 0.252 e. The number of H-pyrrole nitrogens is 1. The molecular formula is C9H13N3O3S. The van der Waals surface area contributed by atoms with Crippen LogP contribution in [0.1, 0.15) is 12.8 Å². The molecule has 0 aliphatic carbocycles. The Kier molecular flexibility index (Phi) is 2.95. The largest absolute Gasteiger partial charge is 0.369 e. The Balaban J connectivity index is 2.00. The van der Waals surface area contributed by atoms with E-state index in [0.717, 1.165) is 6.42 Å². The van der Waals surface area contributed by atoms with Crippen LogP contribution in [0.15, 0.2) is 17.2 Å². The molecule has 2 rings (SSSR count). The van der Waals surface area contributed by atoms with E-state index in [-0.39, 0.29) is 16.6 Å². The van der Waals surface area contributed by atoms with E-state index in [4.69, 9.17) is 0 Å². The highest BCUT2D eigenvalue weighted by atomic mass is 32.2.